The van der Waals surface area contributed by atoms with Gasteiger partial charge in [-0.05, 0) is 31.9 Å². The molecule has 2 heteroatoms. The lowest BCUT2D eigenvalue weighted by Gasteiger charge is -2.16. The van der Waals surface area contributed by atoms with Gasteiger partial charge in [0.15, 0.2) is 5.78 Å². The first-order valence-electron chi connectivity index (χ1n) is 5.90. The molecule has 0 spiro atoms. The molecule has 88 valence electrons. The van der Waals surface area contributed by atoms with Gasteiger partial charge < -0.3 is 0 Å². The summed E-state index contributed by atoms with van der Waals surface area (Å²) in [7, 11) is -1.02. The van der Waals surface area contributed by atoms with Crippen molar-refractivity contribution in [1.82, 2.24) is 0 Å². The first kappa shape index (κ1) is 13.2. The highest BCUT2D eigenvalue weighted by molar-refractivity contribution is 6.76. The third-order valence-electron chi connectivity index (χ3n) is 2.79. The van der Waals surface area contributed by atoms with E-state index in [-0.39, 0.29) is 5.78 Å². The van der Waals surface area contributed by atoms with E-state index in [1.165, 1.54) is 17.2 Å². The number of hydrogen-bond donors (Lipinski definition) is 0. The number of hydrogen-bond acceptors (Lipinski definition) is 1. The van der Waals surface area contributed by atoms with Crippen LogP contribution in [0.25, 0.3) is 0 Å². The van der Waals surface area contributed by atoms with Crippen molar-refractivity contribution in [3.05, 3.63) is 34.9 Å². The molecule has 0 heterocycles. The van der Waals surface area contributed by atoms with Crippen LogP contribution in [0.15, 0.2) is 18.2 Å². The van der Waals surface area contributed by atoms with Gasteiger partial charge >= 0.3 is 0 Å². The van der Waals surface area contributed by atoms with Gasteiger partial charge in [-0.1, -0.05) is 43.4 Å². The monoisotopic (exact) mass is 234 g/mol. The normalized spacial score (nSPS) is 11.6. The predicted molar refractivity (Wildman–Crippen MR) is 73.0 cm³/mol. The SMILES string of the molecule is CC(=O)c1cc(C)ccc1CC[Si](C)(C)C. The molecule has 0 aromatic heterocycles. The zero-order valence-electron chi connectivity index (χ0n) is 11.1. The molecule has 0 aliphatic heterocycles. The van der Waals surface area contributed by atoms with Crippen LogP contribution in [0.5, 0.6) is 0 Å². The molecule has 0 radical (unpaired) electrons. The topological polar surface area (TPSA) is 17.1 Å². The smallest absolute Gasteiger partial charge is 0.160 e. The molecule has 0 N–H and O–H groups in total. The maximum atomic E-state index is 11.6. The Labute approximate surface area is 99.9 Å². The molecule has 16 heavy (non-hydrogen) atoms. The number of aryl methyl sites for hydroxylation is 2. The molecule has 0 atom stereocenters. The van der Waals surface area contributed by atoms with Gasteiger partial charge in [0.1, 0.15) is 0 Å². The molecule has 0 amide bonds. The second kappa shape index (κ2) is 4.96. The maximum absolute atomic E-state index is 11.6. The van der Waals surface area contributed by atoms with E-state index >= 15 is 0 Å². The summed E-state index contributed by atoms with van der Waals surface area (Å²) in [5.41, 5.74) is 3.31. The maximum Gasteiger partial charge on any atom is 0.160 e. The molecule has 0 fully saturated rings. The zero-order chi connectivity index (χ0) is 12.3. The number of ketones is 1. The summed E-state index contributed by atoms with van der Waals surface area (Å²) in [6.45, 7) is 10.8. The standard InChI is InChI=1S/C14H22OSi/c1-11-6-7-13(8-9-16(3,4)5)14(10-11)12(2)15/h6-7,10H,8-9H2,1-5H3. The van der Waals surface area contributed by atoms with Gasteiger partial charge in [0.25, 0.3) is 0 Å². The Hall–Kier alpha value is -0.893. The minimum absolute atomic E-state index is 0.189. The molecule has 1 rings (SSSR count). The van der Waals surface area contributed by atoms with Gasteiger partial charge in [-0.25, -0.2) is 0 Å². The lowest BCUT2D eigenvalue weighted by molar-refractivity contribution is 0.101. The van der Waals surface area contributed by atoms with Crippen molar-refractivity contribution >= 4 is 13.9 Å². The number of rotatable bonds is 4. The largest absolute Gasteiger partial charge is 0.295 e. The van der Waals surface area contributed by atoms with E-state index in [1.54, 1.807) is 6.92 Å². The Morgan fingerprint density at radius 2 is 1.88 bits per heavy atom. The van der Waals surface area contributed by atoms with E-state index in [2.05, 4.69) is 31.8 Å². The van der Waals surface area contributed by atoms with Crippen LogP contribution >= 0.6 is 0 Å². The molecule has 0 unspecified atom stereocenters. The lowest BCUT2D eigenvalue weighted by Crippen LogP contribution is -2.20. The third-order valence-corrected chi connectivity index (χ3v) is 4.54. The Morgan fingerprint density at radius 1 is 1.25 bits per heavy atom. The van der Waals surface area contributed by atoms with Crippen molar-refractivity contribution in [3.63, 3.8) is 0 Å². The molecule has 1 nitrogen and oxygen atoms in total. The van der Waals surface area contributed by atoms with Crippen LogP contribution in [0.4, 0.5) is 0 Å². The second-order valence-electron chi connectivity index (χ2n) is 5.78. The van der Waals surface area contributed by atoms with E-state index in [4.69, 9.17) is 0 Å². The van der Waals surface area contributed by atoms with Crippen molar-refractivity contribution in [2.75, 3.05) is 0 Å². The van der Waals surface area contributed by atoms with Gasteiger partial charge in [-0.2, -0.15) is 0 Å². The quantitative estimate of drug-likeness (QED) is 0.567. The Bertz CT molecular complexity index is 388. The highest BCUT2D eigenvalue weighted by Gasteiger charge is 2.15. The molecule has 1 aromatic rings. The van der Waals surface area contributed by atoms with Crippen molar-refractivity contribution < 1.29 is 4.79 Å². The minimum atomic E-state index is -1.02. The van der Waals surface area contributed by atoms with Crippen molar-refractivity contribution in [3.8, 4) is 0 Å². The highest BCUT2D eigenvalue weighted by Crippen LogP contribution is 2.18. The van der Waals surface area contributed by atoms with Crippen LogP contribution < -0.4 is 0 Å². The Morgan fingerprint density at radius 3 is 2.38 bits per heavy atom. The summed E-state index contributed by atoms with van der Waals surface area (Å²) in [6, 6.07) is 7.48. The Kier molecular flexibility index (Phi) is 4.08. The number of carbonyl (C=O) groups excluding carboxylic acids is 1. The fraction of sp³-hybridized carbons (Fsp3) is 0.500. The fourth-order valence-corrected chi connectivity index (χ4v) is 2.77. The fourth-order valence-electron chi connectivity index (χ4n) is 1.75. The van der Waals surface area contributed by atoms with Crippen LogP contribution in [0.2, 0.25) is 25.7 Å². The molecule has 1 aromatic carbocycles. The minimum Gasteiger partial charge on any atom is -0.295 e. The summed E-state index contributed by atoms with van der Waals surface area (Å²) < 4.78 is 0. The number of carbonyl (C=O) groups is 1. The molecule has 0 aliphatic rings. The van der Waals surface area contributed by atoms with Gasteiger partial charge in [0, 0.05) is 13.6 Å². The van der Waals surface area contributed by atoms with E-state index in [9.17, 15) is 4.79 Å². The molecule has 0 aliphatic carbocycles. The van der Waals surface area contributed by atoms with E-state index < -0.39 is 8.07 Å². The molecular formula is C14H22OSi. The number of Topliss-reactive ketones (excluding diaryl/α,β-unsaturated/α-hetero) is 1. The van der Waals surface area contributed by atoms with Crippen LogP contribution in [-0.2, 0) is 6.42 Å². The first-order chi connectivity index (χ1) is 7.29. The van der Waals surface area contributed by atoms with Gasteiger partial charge in [0.2, 0.25) is 0 Å². The van der Waals surface area contributed by atoms with Crippen LogP contribution in [-0.4, -0.2) is 13.9 Å². The molecular weight excluding hydrogens is 212 g/mol. The van der Waals surface area contributed by atoms with Crippen LogP contribution in [0.1, 0.15) is 28.4 Å². The highest BCUT2D eigenvalue weighted by atomic mass is 28.3. The van der Waals surface area contributed by atoms with Crippen LogP contribution in [0, 0.1) is 6.92 Å². The number of benzene rings is 1. The van der Waals surface area contributed by atoms with Gasteiger partial charge in [0.05, 0.1) is 0 Å². The molecule has 0 saturated heterocycles. The van der Waals surface area contributed by atoms with Crippen molar-refractivity contribution in [2.45, 2.75) is 46.0 Å². The second-order valence-corrected chi connectivity index (χ2v) is 11.4. The zero-order valence-corrected chi connectivity index (χ0v) is 12.1. The third kappa shape index (κ3) is 3.93. The predicted octanol–water partition coefficient (Wildman–Crippen LogP) is 4.08. The van der Waals surface area contributed by atoms with E-state index in [0.717, 1.165) is 12.0 Å². The van der Waals surface area contributed by atoms with E-state index in [1.807, 2.05) is 13.0 Å². The average Bonchev–Trinajstić information content (AvgIpc) is 2.14. The van der Waals surface area contributed by atoms with Gasteiger partial charge in [-0.3, -0.25) is 4.79 Å². The lowest BCUT2D eigenvalue weighted by atomic mass is 10.00. The van der Waals surface area contributed by atoms with Crippen LogP contribution in [0.3, 0.4) is 0 Å². The summed E-state index contributed by atoms with van der Waals surface area (Å²) in [4.78, 5) is 11.6. The summed E-state index contributed by atoms with van der Waals surface area (Å²) in [5, 5.41) is 0. The summed E-state index contributed by atoms with van der Waals surface area (Å²) in [5.74, 6) is 0.189. The van der Waals surface area contributed by atoms with Gasteiger partial charge in [-0.15, -0.1) is 0 Å². The molecule has 0 bridgehead atoms. The Balaban J connectivity index is 2.91. The summed E-state index contributed by atoms with van der Waals surface area (Å²) >= 11 is 0. The average molecular weight is 234 g/mol. The molecule has 0 saturated carbocycles. The van der Waals surface area contributed by atoms with Crippen molar-refractivity contribution in [1.29, 1.82) is 0 Å². The summed E-state index contributed by atoms with van der Waals surface area (Å²) in [6.07, 6.45) is 1.05. The van der Waals surface area contributed by atoms with Crippen molar-refractivity contribution in [2.24, 2.45) is 0 Å². The van der Waals surface area contributed by atoms with E-state index in [0.29, 0.717) is 0 Å². The first-order valence-corrected chi connectivity index (χ1v) is 9.61.